The summed E-state index contributed by atoms with van der Waals surface area (Å²) in [6.07, 6.45) is 2.01. The van der Waals surface area contributed by atoms with Crippen LogP contribution in [0.15, 0.2) is 18.2 Å². The number of nitrogens with zero attached hydrogens (tertiary/aromatic N) is 1. The average molecular weight is 302 g/mol. The number of hydrogen-bond acceptors (Lipinski definition) is 5. The summed E-state index contributed by atoms with van der Waals surface area (Å²) in [5, 5.41) is 10.5. The second-order valence-corrected chi connectivity index (χ2v) is 4.43. The molecule has 0 fully saturated rings. The van der Waals surface area contributed by atoms with E-state index in [4.69, 9.17) is 21.1 Å². The number of unbranched alkanes of at least 4 members (excludes halogenated alkanes) is 1. The fourth-order valence-electron chi connectivity index (χ4n) is 1.41. The van der Waals surface area contributed by atoms with Crippen molar-refractivity contribution in [1.29, 1.82) is 0 Å². The van der Waals surface area contributed by atoms with Gasteiger partial charge in [-0.2, -0.15) is 0 Å². The van der Waals surface area contributed by atoms with E-state index in [1.165, 1.54) is 18.2 Å². The molecule has 0 radical (unpaired) electrons. The molecule has 1 aromatic rings. The lowest BCUT2D eigenvalue weighted by Crippen LogP contribution is -2.11. The number of esters is 1. The summed E-state index contributed by atoms with van der Waals surface area (Å²) in [7, 11) is 0. The molecule has 0 atom stereocenters. The summed E-state index contributed by atoms with van der Waals surface area (Å²) in [5.41, 5.74) is -0.0692. The molecule has 7 heteroatoms. The van der Waals surface area contributed by atoms with E-state index in [-0.39, 0.29) is 22.9 Å². The van der Waals surface area contributed by atoms with Crippen LogP contribution < -0.4 is 0 Å². The van der Waals surface area contributed by atoms with E-state index >= 15 is 0 Å². The first-order valence-corrected chi connectivity index (χ1v) is 6.63. The fraction of sp³-hybridized carbons (Fsp3) is 0.462. The van der Waals surface area contributed by atoms with Gasteiger partial charge >= 0.3 is 5.97 Å². The van der Waals surface area contributed by atoms with Crippen molar-refractivity contribution in [2.75, 3.05) is 19.8 Å². The van der Waals surface area contributed by atoms with Crippen LogP contribution >= 0.6 is 11.6 Å². The van der Waals surface area contributed by atoms with Gasteiger partial charge in [-0.25, -0.2) is 4.79 Å². The standard InChI is InChI=1S/C13H16ClNO5/c1-2-3-6-19-7-8-20-13(16)10-4-5-12(15(17)18)11(14)9-10/h4-5,9H,2-3,6-8H2,1H3. The molecule has 0 aromatic heterocycles. The van der Waals surface area contributed by atoms with Crippen LogP contribution in [0, 0.1) is 10.1 Å². The Morgan fingerprint density at radius 3 is 2.70 bits per heavy atom. The molecule has 0 saturated heterocycles. The zero-order chi connectivity index (χ0) is 15.0. The zero-order valence-electron chi connectivity index (χ0n) is 11.1. The molecule has 0 spiro atoms. The number of hydrogen-bond donors (Lipinski definition) is 0. The SMILES string of the molecule is CCCCOCCOC(=O)c1ccc([N+](=O)[O-])c(Cl)c1. The molecule has 0 unspecified atom stereocenters. The number of halogens is 1. The predicted octanol–water partition coefficient (Wildman–Crippen LogP) is 3.22. The maximum Gasteiger partial charge on any atom is 0.338 e. The minimum atomic E-state index is -0.612. The quantitative estimate of drug-likeness (QED) is 0.319. The Morgan fingerprint density at radius 1 is 1.35 bits per heavy atom. The van der Waals surface area contributed by atoms with Gasteiger partial charge in [-0.15, -0.1) is 0 Å². The van der Waals surface area contributed by atoms with Gasteiger partial charge in [0.15, 0.2) is 0 Å². The smallest absolute Gasteiger partial charge is 0.338 e. The molecular formula is C13H16ClNO5. The van der Waals surface area contributed by atoms with Gasteiger partial charge in [-0.1, -0.05) is 24.9 Å². The lowest BCUT2D eigenvalue weighted by atomic mass is 10.2. The van der Waals surface area contributed by atoms with Crippen molar-refractivity contribution < 1.29 is 19.2 Å². The van der Waals surface area contributed by atoms with Crippen LogP contribution in [-0.2, 0) is 9.47 Å². The number of carbonyl (C=O) groups excluding carboxylic acids is 1. The number of nitro benzene ring substituents is 1. The number of benzene rings is 1. The van der Waals surface area contributed by atoms with Crippen LogP contribution in [0.3, 0.4) is 0 Å². The Morgan fingerprint density at radius 2 is 2.10 bits per heavy atom. The van der Waals surface area contributed by atoms with Gasteiger partial charge in [0, 0.05) is 12.7 Å². The second kappa shape index (κ2) is 8.50. The van der Waals surface area contributed by atoms with Crippen molar-refractivity contribution in [1.82, 2.24) is 0 Å². The maximum absolute atomic E-state index is 11.7. The molecule has 6 nitrogen and oxygen atoms in total. The van der Waals surface area contributed by atoms with Crippen molar-refractivity contribution in [3.8, 4) is 0 Å². The molecule has 1 aromatic carbocycles. The molecule has 0 amide bonds. The summed E-state index contributed by atoms with van der Waals surface area (Å²) < 4.78 is 10.2. The summed E-state index contributed by atoms with van der Waals surface area (Å²) in [4.78, 5) is 21.6. The molecule has 1 rings (SSSR count). The lowest BCUT2D eigenvalue weighted by molar-refractivity contribution is -0.384. The largest absolute Gasteiger partial charge is 0.460 e. The molecular weight excluding hydrogens is 286 g/mol. The third kappa shape index (κ3) is 5.14. The van der Waals surface area contributed by atoms with Crippen LogP contribution in [0.5, 0.6) is 0 Å². The van der Waals surface area contributed by atoms with Crippen LogP contribution in [0.25, 0.3) is 0 Å². The predicted molar refractivity (Wildman–Crippen MR) is 74.1 cm³/mol. The summed E-state index contributed by atoms with van der Waals surface area (Å²) >= 11 is 5.71. The average Bonchev–Trinajstić information content (AvgIpc) is 2.41. The number of rotatable bonds is 8. The first-order chi connectivity index (χ1) is 9.56. The Balaban J connectivity index is 2.44. The summed E-state index contributed by atoms with van der Waals surface area (Å²) in [5.74, 6) is -0.583. The Hall–Kier alpha value is -1.66. The van der Waals surface area contributed by atoms with Crippen LogP contribution in [-0.4, -0.2) is 30.7 Å². The van der Waals surface area contributed by atoms with E-state index in [2.05, 4.69) is 6.92 Å². The van der Waals surface area contributed by atoms with Gasteiger partial charge in [0.1, 0.15) is 11.6 Å². The highest BCUT2D eigenvalue weighted by Gasteiger charge is 2.15. The van der Waals surface area contributed by atoms with Crippen molar-refractivity contribution in [2.24, 2.45) is 0 Å². The van der Waals surface area contributed by atoms with Gasteiger partial charge in [0.05, 0.1) is 17.1 Å². The van der Waals surface area contributed by atoms with Crippen LogP contribution in [0.1, 0.15) is 30.1 Å². The van der Waals surface area contributed by atoms with E-state index in [0.29, 0.717) is 13.2 Å². The number of carbonyl (C=O) groups is 1. The van der Waals surface area contributed by atoms with Crippen molar-refractivity contribution in [2.45, 2.75) is 19.8 Å². The molecule has 0 bridgehead atoms. The van der Waals surface area contributed by atoms with Crippen LogP contribution in [0.2, 0.25) is 5.02 Å². The van der Waals surface area contributed by atoms with E-state index < -0.39 is 10.9 Å². The normalized spacial score (nSPS) is 10.3. The lowest BCUT2D eigenvalue weighted by Gasteiger charge is -2.06. The van der Waals surface area contributed by atoms with E-state index in [0.717, 1.165) is 12.8 Å². The summed E-state index contributed by atoms with van der Waals surface area (Å²) in [6, 6.07) is 3.71. The third-order valence-electron chi connectivity index (χ3n) is 2.48. The monoisotopic (exact) mass is 301 g/mol. The Bertz CT molecular complexity index is 478. The van der Waals surface area contributed by atoms with Crippen LogP contribution in [0.4, 0.5) is 5.69 Å². The van der Waals surface area contributed by atoms with Crippen molar-refractivity contribution in [3.63, 3.8) is 0 Å². The Kier molecular flexibility index (Phi) is 6.97. The van der Waals surface area contributed by atoms with E-state index in [1.54, 1.807) is 0 Å². The third-order valence-corrected chi connectivity index (χ3v) is 2.79. The first-order valence-electron chi connectivity index (χ1n) is 6.25. The fourth-order valence-corrected chi connectivity index (χ4v) is 1.66. The van der Waals surface area contributed by atoms with Crippen molar-refractivity contribution >= 4 is 23.3 Å². The summed E-state index contributed by atoms with van der Waals surface area (Å²) in [6.45, 7) is 3.16. The number of nitro groups is 1. The minimum absolute atomic E-state index is 0.0938. The molecule has 110 valence electrons. The Labute approximate surface area is 121 Å². The highest BCUT2D eigenvalue weighted by atomic mass is 35.5. The van der Waals surface area contributed by atoms with Gasteiger partial charge in [0.2, 0.25) is 0 Å². The van der Waals surface area contributed by atoms with Crippen molar-refractivity contribution in [3.05, 3.63) is 38.9 Å². The van der Waals surface area contributed by atoms with E-state index in [9.17, 15) is 14.9 Å². The number of ether oxygens (including phenoxy) is 2. The van der Waals surface area contributed by atoms with Gasteiger partial charge in [-0.05, 0) is 18.6 Å². The van der Waals surface area contributed by atoms with Gasteiger partial charge < -0.3 is 9.47 Å². The highest BCUT2D eigenvalue weighted by molar-refractivity contribution is 6.33. The minimum Gasteiger partial charge on any atom is -0.460 e. The zero-order valence-corrected chi connectivity index (χ0v) is 11.9. The second-order valence-electron chi connectivity index (χ2n) is 4.03. The topological polar surface area (TPSA) is 78.7 Å². The molecule has 0 N–H and O–H groups in total. The molecule has 0 saturated carbocycles. The highest BCUT2D eigenvalue weighted by Crippen LogP contribution is 2.25. The van der Waals surface area contributed by atoms with Gasteiger partial charge in [0.25, 0.3) is 5.69 Å². The molecule has 0 aliphatic rings. The first kappa shape index (κ1) is 16.4. The molecule has 0 aliphatic heterocycles. The maximum atomic E-state index is 11.7. The molecule has 0 heterocycles. The van der Waals surface area contributed by atoms with E-state index in [1.807, 2.05) is 0 Å². The molecule has 0 aliphatic carbocycles. The molecule has 20 heavy (non-hydrogen) atoms. The van der Waals surface area contributed by atoms with Gasteiger partial charge in [-0.3, -0.25) is 10.1 Å².